The standard InChI is InChI=1S/C29H22N4O5S/c1-38-26-14-8-7-13-25(26)32-24-16-15-20(33(36)37)17-23(24)31-29(32)39-18-27(34)30-22-12-6-5-11-21(22)28(35)19-9-3-2-4-10-19/h2-17H,18H2,1H3,(H,30,34). The van der Waals surface area contributed by atoms with Gasteiger partial charge < -0.3 is 10.1 Å². The minimum Gasteiger partial charge on any atom is -0.495 e. The van der Waals surface area contributed by atoms with Crippen LogP contribution < -0.4 is 10.1 Å². The van der Waals surface area contributed by atoms with Crippen LogP contribution in [0.25, 0.3) is 16.7 Å². The number of benzene rings is 4. The van der Waals surface area contributed by atoms with Crippen molar-refractivity contribution in [1.29, 1.82) is 0 Å². The minimum atomic E-state index is -0.476. The van der Waals surface area contributed by atoms with Gasteiger partial charge in [-0.2, -0.15) is 0 Å². The molecule has 10 heteroatoms. The lowest BCUT2D eigenvalue weighted by molar-refractivity contribution is -0.384. The number of ether oxygens (including phenoxy) is 1. The van der Waals surface area contributed by atoms with Crippen LogP contribution in [-0.2, 0) is 4.79 Å². The van der Waals surface area contributed by atoms with Crippen molar-refractivity contribution < 1.29 is 19.2 Å². The Morgan fingerprint density at radius 3 is 2.46 bits per heavy atom. The van der Waals surface area contributed by atoms with Crippen LogP contribution in [0.3, 0.4) is 0 Å². The molecule has 0 radical (unpaired) electrons. The van der Waals surface area contributed by atoms with Crippen molar-refractivity contribution in [2.75, 3.05) is 18.2 Å². The second-order valence-electron chi connectivity index (χ2n) is 8.41. The maximum absolute atomic E-state index is 13.0. The Labute approximate surface area is 227 Å². The number of rotatable bonds is 9. The van der Waals surface area contributed by atoms with Crippen LogP contribution in [0.2, 0.25) is 0 Å². The second kappa shape index (κ2) is 11.2. The van der Waals surface area contributed by atoms with Crippen molar-refractivity contribution in [2.24, 2.45) is 0 Å². The van der Waals surface area contributed by atoms with Crippen LogP contribution in [-0.4, -0.2) is 39.0 Å². The summed E-state index contributed by atoms with van der Waals surface area (Å²) in [5.74, 6) is 0.0282. The van der Waals surface area contributed by atoms with Crippen molar-refractivity contribution >= 4 is 45.9 Å². The first kappa shape index (κ1) is 25.7. The van der Waals surface area contributed by atoms with E-state index >= 15 is 0 Å². The number of ketones is 1. The molecule has 4 aromatic carbocycles. The lowest BCUT2D eigenvalue weighted by Gasteiger charge is -2.13. The van der Waals surface area contributed by atoms with E-state index in [1.807, 2.05) is 28.8 Å². The van der Waals surface area contributed by atoms with Gasteiger partial charge in [0.2, 0.25) is 5.91 Å². The number of nitro benzene ring substituents is 1. The van der Waals surface area contributed by atoms with Gasteiger partial charge in [0.05, 0.1) is 40.2 Å². The van der Waals surface area contributed by atoms with E-state index in [-0.39, 0.29) is 23.1 Å². The number of nitrogens with zero attached hydrogens (tertiary/aromatic N) is 3. The molecule has 1 aromatic heterocycles. The molecule has 5 rings (SSSR count). The van der Waals surface area contributed by atoms with Crippen molar-refractivity contribution in [3.05, 3.63) is 118 Å². The Morgan fingerprint density at radius 1 is 0.974 bits per heavy atom. The number of methoxy groups -OCH3 is 1. The number of amides is 1. The number of carbonyl (C=O) groups is 2. The normalized spacial score (nSPS) is 10.8. The molecule has 9 nitrogen and oxygen atoms in total. The average molecular weight is 539 g/mol. The largest absolute Gasteiger partial charge is 0.495 e. The highest BCUT2D eigenvalue weighted by molar-refractivity contribution is 7.99. The summed E-state index contributed by atoms with van der Waals surface area (Å²) in [5.41, 5.74) is 2.96. The van der Waals surface area contributed by atoms with E-state index in [4.69, 9.17) is 4.74 Å². The van der Waals surface area contributed by atoms with Gasteiger partial charge in [-0.3, -0.25) is 24.3 Å². The van der Waals surface area contributed by atoms with Crippen molar-refractivity contribution in [3.8, 4) is 11.4 Å². The quantitative estimate of drug-likeness (QED) is 0.107. The SMILES string of the molecule is COc1ccccc1-n1c(SCC(=O)Nc2ccccc2C(=O)c2ccccc2)nc2cc([N+](=O)[O-])ccc21. The number of carbonyl (C=O) groups excluding carboxylic acids is 2. The molecule has 0 saturated heterocycles. The molecule has 0 aliphatic heterocycles. The zero-order valence-corrected chi connectivity index (χ0v) is 21.6. The number of non-ortho nitro benzene ring substituents is 1. The van der Waals surface area contributed by atoms with E-state index in [9.17, 15) is 19.7 Å². The van der Waals surface area contributed by atoms with Crippen LogP contribution in [0.5, 0.6) is 5.75 Å². The summed E-state index contributed by atoms with van der Waals surface area (Å²) in [6, 6.07) is 27.5. The van der Waals surface area contributed by atoms with Crippen molar-refractivity contribution in [3.63, 3.8) is 0 Å². The highest BCUT2D eigenvalue weighted by Gasteiger charge is 2.20. The molecule has 0 saturated carbocycles. The summed E-state index contributed by atoms with van der Waals surface area (Å²) in [6.45, 7) is 0. The van der Waals surface area contributed by atoms with Crippen LogP contribution in [0.1, 0.15) is 15.9 Å². The topological polar surface area (TPSA) is 116 Å². The number of imidazole rings is 1. The number of thioether (sulfide) groups is 1. The third-order valence-corrected chi connectivity index (χ3v) is 6.90. The minimum absolute atomic E-state index is 0.0194. The number of fused-ring (bicyclic) bond motifs is 1. The molecule has 0 aliphatic carbocycles. The third kappa shape index (κ3) is 5.36. The van der Waals surface area contributed by atoms with E-state index < -0.39 is 4.92 Å². The van der Waals surface area contributed by atoms with Gasteiger partial charge in [0.1, 0.15) is 5.75 Å². The summed E-state index contributed by atoms with van der Waals surface area (Å²) in [6.07, 6.45) is 0. The molecule has 0 fully saturated rings. The van der Waals surface area contributed by atoms with E-state index in [1.54, 1.807) is 67.8 Å². The smallest absolute Gasteiger partial charge is 0.271 e. The van der Waals surface area contributed by atoms with Gasteiger partial charge in [-0.05, 0) is 30.3 Å². The number of hydrogen-bond acceptors (Lipinski definition) is 7. The van der Waals surface area contributed by atoms with Crippen molar-refractivity contribution in [2.45, 2.75) is 5.16 Å². The Hall–Kier alpha value is -4.96. The van der Waals surface area contributed by atoms with Crippen LogP contribution in [0.4, 0.5) is 11.4 Å². The Kier molecular flexibility index (Phi) is 7.37. The lowest BCUT2D eigenvalue weighted by Crippen LogP contribution is -2.17. The Bertz CT molecular complexity index is 1700. The van der Waals surface area contributed by atoms with E-state index in [0.717, 1.165) is 0 Å². The van der Waals surface area contributed by atoms with E-state index in [2.05, 4.69) is 10.3 Å². The summed E-state index contributed by atoms with van der Waals surface area (Å²) in [4.78, 5) is 41.5. The fraction of sp³-hybridized carbons (Fsp3) is 0.0690. The fourth-order valence-corrected chi connectivity index (χ4v) is 4.98. The second-order valence-corrected chi connectivity index (χ2v) is 9.35. The molecule has 0 aliphatic rings. The summed E-state index contributed by atoms with van der Waals surface area (Å²) < 4.78 is 7.34. The molecule has 0 atom stereocenters. The van der Waals surface area contributed by atoms with Gasteiger partial charge >= 0.3 is 0 Å². The lowest BCUT2D eigenvalue weighted by atomic mass is 10.0. The first-order valence-electron chi connectivity index (χ1n) is 11.9. The van der Waals surface area contributed by atoms with Gasteiger partial charge in [-0.1, -0.05) is 66.4 Å². The van der Waals surface area contributed by atoms with Gasteiger partial charge in [0, 0.05) is 23.3 Å². The predicted octanol–water partition coefficient (Wildman–Crippen LogP) is 5.90. The predicted molar refractivity (Wildman–Crippen MR) is 150 cm³/mol. The molecule has 0 spiro atoms. The monoisotopic (exact) mass is 538 g/mol. The summed E-state index contributed by atoms with van der Waals surface area (Å²) in [5, 5.41) is 14.6. The Morgan fingerprint density at radius 2 is 1.69 bits per heavy atom. The highest BCUT2D eigenvalue weighted by atomic mass is 32.2. The highest BCUT2D eigenvalue weighted by Crippen LogP contribution is 2.34. The number of hydrogen-bond donors (Lipinski definition) is 1. The maximum atomic E-state index is 13.0. The molecule has 5 aromatic rings. The molecule has 1 amide bonds. The molecule has 194 valence electrons. The fourth-order valence-electron chi connectivity index (χ4n) is 4.16. The van der Waals surface area contributed by atoms with Crippen LogP contribution >= 0.6 is 11.8 Å². The van der Waals surface area contributed by atoms with E-state index in [1.165, 1.54) is 23.9 Å². The number of nitro groups is 1. The summed E-state index contributed by atoms with van der Waals surface area (Å²) in [7, 11) is 1.55. The van der Waals surface area contributed by atoms with Gasteiger partial charge in [-0.25, -0.2) is 4.98 Å². The maximum Gasteiger partial charge on any atom is 0.271 e. The van der Waals surface area contributed by atoms with Crippen molar-refractivity contribution in [1.82, 2.24) is 9.55 Å². The number of aromatic nitrogens is 2. The number of anilines is 1. The molecule has 1 N–H and O–H groups in total. The third-order valence-electron chi connectivity index (χ3n) is 5.96. The molecule has 0 bridgehead atoms. The molecular formula is C29H22N4O5S. The zero-order valence-electron chi connectivity index (χ0n) is 20.7. The van der Waals surface area contributed by atoms with Gasteiger partial charge in [0.15, 0.2) is 10.9 Å². The first-order chi connectivity index (χ1) is 19.0. The number of nitrogens with one attached hydrogen (secondary N) is 1. The van der Waals surface area contributed by atoms with Gasteiger partial charge in [0.25, 0.3) is 5.69 Å². The molecule has 39 heavy (non-hydrogen) atoms. The van der Waals surface area contributed by atoms with E-state index in [0.29, 0.717) is 44.4 Å². The molecule has 0 unspecified atom stereocenters. The van der Waals surface area contributed by atoms with Crippen LogP contribution in [0, 0.1) is 10.1 Å². The zero-order chi connectivity index (χ0) is 27.4. The average Bonchev–Trinajstić information content (AvgIpc) is 3.34. The first-order valence-corrected chi connectivity index (χ1v) is 12.9. The molecular weight excluding hydrogens is 516 g/mol. The summed E-state index contributed by atoms with van der Waals surface area (Å²) >= 11 is 1.17. The van der Waals surface area contributed by atoms with Crippen LogP contribution in [0.15, 0.2) is 102 Å². The van der Waals surface area contributed by atoms with Gasteiger partial charge in [-0.15, -0.1) is 0 Å². The Balaban J connectivity index is 1.43. The molecule has 1 heterocycles. The number of para-hydroxylation sites is 3.